The van der Waals surface area contributed by atoms with Crippen LogP contribution in [0.4, 0.5) is 11.4 Å². The van der Waals surface area contributed by atoms with Gasteiger partial charge >= 0.3 is 29.6 Å². The second-order valence-corrected chi connectivity index (χ2v) is 9.14. The van der Waals surface area contributed by atoms with E-state index in [1.165, 1.54) is 44.6 Å². The summed E-state index contributed by atoms with van der Waals surface area (Å²) in [4.78, 5) is 2.03. The minimum Gasteiger partial charge on any atom is -0.744 e. The summed E-state index contributed by atoms with van der Waals surface area (Å²) in [5, 5.41) is 3.34. The van der Waals surface area contributed by atoms with Gasteiger partial charge < -0.3 is 14.8 Å². The van der Waals surface area contributed by atoms with Gasteiger partial charge in [-0.05, 0) is 30.5 Å². The number of anilines is 2. The summed E-state index contributed by atoms with van der Waals surface area (Å²) in [7, 11) is -4.52. The molecule has 1 heterocycles. The molecular weight excluding hydrogens is 407 g/mol. The summed E-state index contributed by atoms with van der Waals surface area (Å²) in [5.74, 6) is 0. The fraction of sp³-hybridized carbons (Fsp3) is 0.478. The van der Waals surface area contributed by atoms with Crippen LogP contribution in [0, 0.1) is 0 Å². The molecule has 1 unspecified atom stereocenters. The first-order valence-electron chi connectivity index (χ1n) is 10.7. The molecule has 1 aliphatic heterocycles. The average Bonchev–Trinajstić information content (AvgIpc) is 3.04. The summed E-state index contributed by atoms with van der Waals surface area (Å²) in [5.41, 5.74) is 2.40. The van der Waals surface area contributed by atoms with E-state index in [9.17, 15) is 13.0 Å². The second kappa shape index (κ2) is 12.1. The van der Waals surface area contributed by atoms with Crippen molar-refractivity contribution in [2.45, 2.75) is 75.9 Å². The van der Waals surface area contributed by atoms with Crippen molar-refractivity contribution in [3.8, 4) is 0 Å². The van der Waals surface area contributed by atoms with Crippen LogP contribution in [0.2, 0.25) is 0 Å². The zero-order valence-corrected chi connectivity index (χ0v) is 21.0. The molecule has 0 aliphatic carbocycles. The average molecular weight is 439 g/mol. The van der Waals surface area contributed by atoms with Crippen molar-refractivity contribution in [2.75, 3.05) is 10.2 Å². The molecular formula is C23H31N2NaO3S. The molecule has 158 valence electrons. The van der Waals surface area contributed by atoms with Gasteiger partial charge in [-0.2, -0.15) is 0 Å². The number of nitrogens with one attached hydrogen (secondary N) is 1. The summed E-state index contributed by atoms with van der Waals surface area (Å²) >= 11 is 0. The second-order valence-electron chi connectivity index (χ2n) is 7.79. The van der Waals surface area contributed by atoms with Crippen molar-refractivity contribution in [3.63, 3.8) is 0 Å². The van der Waals surface area contributed by atoms with Crippen LogP contribution in [-0.2, 0) is 16.7 Å². The number of fused-ring (bicyclic) bond motifs is 1. The quantitative estimate of drug-likeness (QED) is 0.332. The zero-order chi connectivity index (χ0) is 20.7. The molecule has 7 heteroatoms. The standard InChI is InChI=1S/C23H32N2O3S.Na/c1-2-3-4-5-6-7-11-17-22-24-23-20(15-12-16-21(23)29(26,27)28)25(22)18-19-13-9-8-10-14-19;/h8-10,12-16,22,24H,2-7,11,17-18H2,1H3,(H,26,27,28);/q;+1/p-1. The van der Waals surface area contributed by atoms with E-state index >= 15 is 0 Å². The molecule has 30 heavy (non-hydrogen) atoms. The number of benzene rings is 2. The van der Waals surface area contributed by atoms with Crippen molar-refractivity contribution in [3.05, 3.63) is 54.1 Å². The van der Waals surface area contributed by atoms with Crippen molar-refractivity contribution in [1.82, 2.24) is 0 Å². The SMILES string of the molecule is CCCCCCCCCC1Nc2c(cccc2S(=O)(=O)[O-])N1Cc1ccccc1.[Na+]. The van der Waals surface area contributed by atoms with Gasteiger partial charge in [-0.25, -0.2) is 8.42 Å². The van der Waals surface area contributed by atoms with Crippen LogP contribution < -0.4 is 39.8 Å². The Morgan fingerprint density at radius 1 is 0.933 bits per heavy atom. The number of para-hydroxylation sites is 1. The molecule has 0 saturated heterocycles. The number of hydrogen-bond donors (Lipinski definition) is 1. The first-order valence-corrected chi connectivity index (χ1v) is 12.1. The molecule has 2 aromatic carbocycles. The Morgan fingerprint density at radius 2 is 1.60 bits per heavy atom. The molecule has 1 aliphatic rings. The molecule has 0 spiro atoms. The first kappa shape index (κ1) is 25.2. The van der Waals surface area contributed by atoms with Crippen molar-refractivity contribution in [1.29, 1.82) is 0 Å². The molecule has 3 rings (SSSR count). The third-order valence-electron chi connectivity index (χ3n) is 5.55. The van der Waals surface area contributed by atoms with Gasteiger partial charge in [-0.1, -0.05) is 81.8 Å². The third kappa shape index (κ3) is 6.72. The third-order valence-corrected chi connectivity index (χ3v) is 6.43. The van der Waals surface area contributed by atoms with Crippen molar-refractivity contribution in [2.24, 2.45) is 0 Å². The number of unbranched alkanes of at least 4 members (excludes halogenated alkanes) is 6. The fourth-order valence-electron chi connectivity index (χ4n) is 4.02. The minimum absolute atomic E-state index is 0. The van der Waals surface area contributed by atoms with Gasteiger partial charge in [0.2, 0.25) is 0 Å². The molecule has 5 nitrogen and oxygen atoms in total. The Balaban J connectivity index is 0.00000320. The predicted molar refractivity (Wildman–Crippen MR) is 117 cm³/mol. The molecule has 1 N–H and O–H groups in total. The van der Waals surface area contributed by atoms with Gasteiger partial charge in [0.25, 0.3) is 0 Å². The van der Waals surface area contributed by atoms with E-state index in [0.29, 0.717) is 12.2 Å². The molecule has 0 aromatic heterocycles. The fourth-order valence-corrected chi connectivity index (χ4v) is 4.68. The Kier molecular flexibility index (Phi) is 10.2. The van der Waals surface area contributed by atoms with Crippen LogP contribution in [0.5, 0.6) is 0 Å². The minimum atomic E-state index is -4.52. The van der Waals surface area contributed by atoms with Gasteiger partial charge in [0.05, 0.1) is 22.4 Å². The largest absolute Gasteiger partial charge is 1.00 e. The van der Waals surface area contributed by atoms with E-state index in [2.05, 4.69) is 29.3 Å². The van der Waals surface area contributed by atoms with Gasteiger partial charge in [-0.15, -0.1) is 0 Å². The van der Waals surface area contributed by atoms with Gasteiger partial charge in [0.15, 0.2) is 0 Å². The van der Waals surface area contributed by atoms with E-state index in [1.54, 1.807) is 6.07 Å². The van der Waals surface area contributed by atoms with E-state index in [4.69, 9.17) is 0 Å². The first-order chi connectivity index (χ1) is 14.0. The number of nitrogens with zero attached hydrogens (tertiary/aromatic N) is 1. The summed E-state index contributed by atoms with van der Waals surface area (Å²) in [6.07, 6.45) is 9.51. The van der Waals surface area contributed by atoms with E-state index < -0.39 is 10.1 Å². The van der Waals surface area contributed by atoms with E-state index in [-0.39, 0.29) is 40.6 Å². The topological polar surface area (TPSA) is 72.5 Å². The van der Waals surface area contributed by atoms with E-state index in [1.807, 2.05) is 24.3 Å². The summed E-state index contributed by atoms with van der Waals surface area (Å²) in [6, 6.07) is 15.1. The molecule has 0 bridgehead atoms. The normalized spacial score (nSPS) is 15.4. The van der Waals surface area contributed by atoms with Gasteiger partial charge in [0.1, 0.15) is 10.1 Å². The maximum absolute atomic E-state index is 11.7. The number of rotatable bonds is 11. The van der Waals surface area contributed by atoms with Crippen LogP contribution in [-0.4, -0.2) is 19.1 Å². The smallest absolute Gasteiger partial charge is 0.744 e. The summed E-state index contributed by atoms with van der Waals surface area (Å²) < 4.78 is 35.2. The zero-order valence-electron chi connectivity index (χ0n) is 18.1. The van der Waals surface area contributed by atoms with E-state index in [0.717, 1.165) is 24.1 Å². The summed E-state index contributed by atoms with van der Waals surface area (Å²) in [6.45, 7) is 2.89. The molecule has 0 fully saturated rings. The molecule has 0 radical (unpaired) electrons. The van der Waals surface area contributed by atoms with Crippen LogP contribution in [0.25, 0.3) is 0 Å². The van der Waals surface area contributed by atoms with Crippen LogP contribution >= 0.6 is 0 Å². The Bertz CT molecular complexity index is 891. The van der Waals surface area contributed by atoms with Gasteiger partial charge in [-0.3, -0.25) is 0 Å². The van der Waals surface area contributed by atoms with Crippen molar-refractivity contribution >= 4 is 21.5 Å². The van der Waals surface area contributed by atoms with Gasteiger partial charge in [0, 0.05) is 6.54 Å². The Morgan fingerprint density at radius 3 is 2.27 bits per heavy atom. The molecule has 0 saturated carbocycles. The van der Waals surface area contributed by atoms with Crippen LogP contribution in [0.15, 0.2) is 53.4 Å². The molecule has 2 aromatic rings. The van der Waals surface area contributed by atoms with Crippen LogP contribution in [0.1, 0.15) is 63.9 Å². The Labute approximate surface area is 203 Å². The maximum Gasteiger partial charge on any atom is 1.00 e. The molecule has 1 atom stereocenters. The van der Waals surface area contributed by atoms with Crippen molar-refractivity contribution < 1.29 is 42.5 Å². The maximum atomic E-state index is 11.7. The Hall–Kier alpha value is -1.05. The molecule has 0 amide bonds. The monoisotopic (exact) mass is 438 g/mol. The van der Waals surface area contributed by atoms with Crippen LogP contribution in [0.3, 0.4) is 0 Å². The number of hydrogen-bond acceptors (Lipinski definition) is 5. The predicted octanol–water partition coefficient (Wildman–Crippen LogP) is 2.49.